The lowest BCUT2D eigenvalue weighted by Crippen LogP contribution is -2.44. The van der Waals surface area contributed by atoms with E-state index in [1.807, 2.05) is 115 Å². The summed E-state index contributed by atoms with van der Waals surface area (Å²) in [7, 11) is 3.79. The minimum absolute atomic E-state index is 0.00298. The quantitative estimate of drug-likeness (QED) is 0.0129. The molecule has 0 aliphatic carbocycles. The van der Waals surface area contributed by atoms with Gasteiger partial charge in [-0.15, -0.1) is 0 Å². The van der Waals surface area contributed by atoms with E-state index in [4.69, 9.17) is 9.47 Å². The fourth-order valence-corrected chi connectivity index (χ4v) is 19.4. The summed E-state index contributed by atoms with van der Waals surface area (Å²) in [5.41, 5.74) is 15.3. The van der Waals surface area contributed by atoms with Gasteiger partial charge in [0.1, 0.15) is 35.4 Å². The van der Waals surface area contributed by atoms with Gasteiger partial charge in [-0.05, 0) is 251 Å². The number of ether oxygens (including phenoxy) is 2. The molecule has 4 saturated heterocycles. The first-order valence-corrected chi connectivity index (χ1v) is 52.9. The van der Waals surface area contributed by atoms with Crippen LogP contribution in [0.15, 0.2) is 215 Å². The summed E-state index contributed by atoms with van der Waals surface area (Å²) in [5.74, 6) is -0.970. The van der Waals surface area contributed by atoms with Gasteiger partial charge in [-0.3, -0.25) is 19.4 Å². The predicted molar refractivity (Wildman–Crippen MR) is 584 cm³/mol. The highest BCUT2D eigenvalue weighted by atomic mass is 32.2. The maximum Gasteiger partial charge on any atom is 0.262 e. The normalized spacial score (nSPS) is 15.8. The van der Waals surface area contributed by atoms with Crippen molar-refractivity contribution in [3.05, 3.63) is 238 Å². The van der Waals surface area contributed by atoms with Crippen molar-refractivity contribution in [3.8, 4) is 69.3 Å². The Labute approximate surface area is 857 Å². The summed E-state index contributed by atoms with van der Waals surface area (Å²) in [6, 6.07) is 73.9. The SMILES string of the molecule is CCC(O)CNC(=O)/C(C#N)=C/c1ccc(-c2ccc3cc(N4CCN(C)CC4)ccc3c2)n1C.CCC(O)CNC(=O)/C(C#N)=C/c1ccc(-c2ccc3cc(NCCN4CCOCC4)ccc3c2)n1C.CCC(O)CNS(=O)(=O)/C(C#N)=C/c1ccc(-c2ccc3cc(N4CCN(C)CC4)ccc3c2)n1C.CCC(O)CNS(=O)(=O)/C(C#N)=C/c1ccc(-c2ccc3cc(NCCN4CCOCC4)ccc3c2)n1C. The number of benzene rings is 8. The van der Waals surface area contributed by atoms with Gasteiger partial charge in [0.15, 0.2) is 9.81 Å². The largest absolute Gasteiger partial charge is 0.392 e. The van der Waals surface area contributed by atoms with Crippen LogP contribution in [0.4, 0.5) is 22.7 Å². The van der Waals surface area contributed by atoms with Gasteiger partial charge in [0, 0.05) is 227 Å². The first kappa shape index (κ1) is 110. The summed E-state index contributed by atoms with van der Waals surface area (Å²) in [6.45, 7) is 26.5. The van der Waals surface area contributed by atoms with Crippen LogP contribution in [0.3, 0.4) is 0 Å². The standard InChI is InChI=1S/C29H35N5O3.C28H35N5O4S.C28H33N5O2.C27H33N5O3S/c1-3-27(35)20-32-29(36)24(19-30)18-26-8-9-28(33(26)2)23-5-4-22-17-25(7-6-21(22)16-23)31-10-11-34-12-14-37-15-13-34;1-3-26(34)20-31-38(35,36)27(19-29)18-25-8-9-28(32(25)2)23-5-4-22-17-24(7-6-21(22)16-23)30-10-11-33-12-14-37-15-13-33;1-4-26(34)19-30-28(35)23(18-29)17-24-9-10-27(32(24)3)22-6-5-21-16-25(8-7-20(21)15-22)33-13-11-31(2)12-14-33;1-4-25(33)19-29-36(34,35)26(18-28)17-23-9-10-27(31(23)3)22-6-5-21-16-24(8-7-20(21)15-22)32-13-11-30(2)12-14-32/h4-9,16-18,27,31,35H,3,10-15,20H2,1-2H3,(H,32,36);4-9,16-18,26,30-31,34H,3,10-15,20H2,1-2H3;5-10,15-17,26,34H,4,11-14,19H2,1-3H3,(H,30,35);5-10,15-17,25,29,33H,4,11-14,19H2,1-3H3/b24-18+;27-18+;23-17+;26-17+. The number of aromatic nitrogens is 4. The van der Waals surface area contributed by atoms with Gasteiger partial charge >= 0.3 is 0 Å². The number of amides is 2. The van der Waals surface area contributed by atoms with Crippen molar-refractivity contribution in [3.63, 3.8) is 0 Å². The Morgan fingerprint density at radius 3 is 0.932 bits per heavy atom. The van der Waals surface area contributed by atoms with E-state index in [9.17, 15) is 67.9 Å². The van der Waals surface area contributed by atoms with Crippen molar-refractivity contribution in [2.75, 3.05) is 192 Å². The molecule has 4 aliphatic heterocycles. The van der Waals surface area contributed by atoms with Crippen LogP contribution < -0.4 is 40.5 Å². The van der Waals surface area contributed by atoms with Crippen LogP contribution in [-0.4, -0.2) is 283 Å². The van der Waals surface area contributed by atoms with Crippen LogP contribution in [0, 0.1) is 45.3 Å². The lowest BCUT2D eigenvalue weighted by Gasteiger charge is -2.34. The summed E-state index contributed by atoms with van der Waals surface area (Å²) >= 11 is 0. The Balaban J connectivity index is 0.000000163. The molecular formula is C112H136N20O12S2. The van der Waals surface area contributed by atoms with Gasteiger partial charge in [0.2, 0.25) is 0 Å². The molecule has 146 heavy (non-hydrogen) atoms. The number of nitrogens with zero attached hydrogens (tertiary/aromatic N) is 14. The Kier molecular flexibility index (Phi) is 39.4. The molecule has 0 saturated carbocycles. The number of hydrogen-bond donors (Lipinski definition) is 10. The number of fused-ring (bicyclic) bond motifs is 4. The minimum Gasteiger partial charge on any atom is -0.392 e. The Hall–Kier alpha value is -13.6. The molecule has 768 valence electrons. The van der Waals surface area contributed by atoms with Crippen molar-refractivity contribution in [1.29, 1.82) is 21.0 Å². The van der Waals surface area contributed by atoms with E-state index in [0.717, 1.165) is 226 Å². The highest BCUT2D eigenvalue weighted by molar-refractivity contribution is 7.94. The van der Waals surface area contributed by atoms with E-state index in [-0.39, 0.29) is 37.3 Å². The second-order valence-corrected chi connectivity index (χ2v) is 40.6. The van der Waals surface area contributed by atoms with Gasteiger partial charge in [0.05, 0.1) is 50.8 Å². The summed E-state index contributed by atoms with van der Waals surface area (Å²) in [6.07, 6.45) is 4.91. The number of piperazine rings is 2. The second kappa shape index (κ2) is 52.4. The summed E-state index contributed by atoms with van der Waals surface area (Å²) in [5, 5.41) is 98.1. The number of nitrogens with one attached hydrogen (secondary N) is 6. The molecular weight excluding hydrogens is 1880 g/mol. The van der Waals surface area contributed by atoms with Crippen molar-refractivity contribution in [1.82, 2.24) is 57.9 Å². The molecule has 0 spiro atoms. The highest BCUT2D eigenvalue weighted by Crippen LogP contribution is 2.36. The molecule has 8 heterocycles. The zero-order chi connectivity index (χ0) is 104. The molecule has 34 heteroatoms. The van der Waals surface area contributed by atoms with Gasteiger partial charge in [-0.25, -0.2) is 26.3 Å². The number of carbonyl (C=O) groups is 2. The van der Waals surface area contributed by atoms with Gasteiger partial charge < -0.3 is 89.0 Å². The summed E-state index contributed by atoms with van der Waals surface area (Å²) < 4.78 is 73.3. The molecule has 8 aromatic carbocycles. The van der Waals surface area contributed by atoms with E-state index in [0.29, 0.717) is 37.1 Å². The van der Waals surface area contributed by atoms with E-state index in [1.165, 1.54) is 39.7 Å². The third kappa shape index (κ3) is 29.4. The molecule has 4 aromatic heterocycles. The predicted octanol–water partition coefficient (Wildman–Crippen LogP) is 13.1. The molecule has 4 unspecified atom stereocenters. The lowest BCUT2D eigenvalue weighted by molar-refractivity contribution is -0.118. The average Bonchev–Trinajstić information content (AvgIpc) is 1.58. The van der Waals surface area contributed by atoms with Crippen molar-refractivity contribution in [2.24, 2.45) is 28.2 Å². The minimum atomic E-state index is -4.03. The molecule has 0 bridgehead atoms. The van der Waals surface area contributed by atoms with Crippen molar-refractivity contribution >= 4 is 122 Å². The molecule has 4 fully saturated rings. The third-order valence-corrected chi connectivity index (χ3v) is 29.9. The van der Waals surface area contributed by atoms with Gasteiger partial charge in [-0.1, -0.05) is 100 Å². The van der Waals surface area contributed by atoms with E-state index in [2.05, 4.69) is 214 Å². The zero-order valence-electron chi connectivity index (χ0n) is 85.0. The molecule has 0 radical (unpaired) electrons. The number of rotatable bonds is 36. The number of morpholine rings is 2. The van der Waals surface area contributed by atoms with E-state index in [1.54, 1.807) is 50.3 Å². The van der Waals surface area contributed by atoms with Crippen LogP contribution in [0.2, 0.25) is 0 Å². The number of anilines is 4. The second-order valence-electron chi connectivity index (χ2n) is 37.2. The van der Waals surface area contributed by atoms with Crippen LogP contribution in [0.5, 0.6) is 0 Å². The Morgan fingerprint density at radius 1 is 0.349 bits per heavy atom. The number of nitriles is 4. The molecule has 16 rings (SSSR count). The zero-order valence-corrected chi connectivity index (χ0v) is 86.7. The number of carbonyl (C=O) groups excluding carboxylic acids is 2. The topological polar surface area (TPSA) is 408 Å². The molecule has 2 amide bonds. The number of allylic oxidation sites excluding steroid dienone is 2. The van der Waals surface area contributed by atoms with E-state index >= 15 is 0 Å². The monoisotopic (exact) mass is 2020 g/mol. The number of aliphatic hydroxyl groups excluding tert-OH is 4. The first-order valence-electron chi connectivity index (χ1n) is 49.9. The Morgan fingerprint density at radius 2 is 0.630 bits per heavy atom. The third-order valence-electron chi connectivity index (χ3n) is 27.2. The van der Waals surface area contributed by atoms with Gasteiger partial charge in [-0.2, -0.15) is 21.0 Å². The van der Waals surface area contributed by atoms with Crippen molar-refractivity contribution in [2.45, 2.75) is 77.8 Å². The maximum absolute atomic E-state index is 12.6. The highest BCUT2D eigenvalue weighted by Gasteiger charge is 2.26. The van der Waals surface area contributed by atoms with Crippen LogP contribution in [0.1, 0.15) is 76.2 Å². The molecule has 4 atom stereocenters. The average molecular weight is 2020 g/mol. The number of aliphatic hydroxyl groups is 4. The van der Waals surface area contributed by atoms with Crippen LogP contribution in [0.25, 0.3) is 112 Å². The van der Waals surface area contributed by atoms with Crippen LogP contribution >= 0.6 is 0 Å². The lowest BCUT2D eigenvalue weighted by atomic mass is 10.0. The molecule has 32 nitrogen and oxygen atoms in total. The Bertz CT molecular complexity index is 7100. The smallest absolute Gasteiger partial charge is 0.262 e. The molecule has 4 aliphatic rings. The first-order chi connectivity index (χ1) is 70.4. The number of likely N-dealkylation sites (N-methyl/N-ethyl adjacent to an activating group) is 2. The fraction of sp³-hybridized carbons (Fsp3) is 0.375. The number of sulfonamides is 2. The molecule has 12 aromatic rings. The maximum atomic E-state index is 12.6. The molecule has 10 N–H and O–H groups in total. The van der Waals surface area contributed by atoms with Crippen LogP contribution in [-0.2, 0) is 67.3 Å². The van der Waals surface area contributed by atoms with E-state index < -0.39 is 66.1 Å². The number of hydrogen-bond acceptors (Lipinski definition) is 24. The fourth-order valence-electron chi connectivity index (χ4n) is 17.5. The van der Waals surface area contributed by atoms with Crippen molar-refractivity contribution < 1.29 is 56.3 Å². The summed E-state index contributed by atoms with van der Waals surface area (Å²) in [4.78, 5) is 38.3. The van der Waals surface area contributed by atoms with Gasteiger partial charge in [0.25, 0.3) is 31.9 Å².